The molecule has 0 spiro atoms. The molecule has 1 aromatic heterocycles. The molecule has 2 heterocycles. The van der Waals surface area contributed by atoms with Gasteiger partial charge >= 0.3 is 0 Å². The first-order chi connectivity index (χ1) is 16.9. The third-order valence-corrected chi connectivity index (χ3v) is 7.23. The highest BCUT2D eigenvalue weighted by Crippen LogP contribution is 2.39. The van der Waals surface area contributed by atoms with Crippen molar-refractivity contribution < 1.29 is 23.7 Å². The number of benzene rings is 2. The number of fused-ring (bicyclic) bond motifs is 1. The Morgan fingerprint density at radius 3 is 2.43 bits per heavy atom. The van der Waals surface area contributed by atoms with Crippen LogP contribution in [0.3, 0.4) is 0 Å². The zero-order valence-electron chi connectivity index (χ0n) is 20.4. The lowest BCUT2D eigenvalue weighted by atomic mass is 10.1. The van der Waals surface area contributed by atoms with Gasteiger partial charge in [0.15, 0.2) is 16.6 Å². The van der Waals surface area contributed by atoms with Crippen molar-refractivity contribution in [3.63, 3.8) is 0 Å². The Morgan fingerprint density at radius 2 is 1.80 bits per heavy atom. The quantitative estimate of drug-likeness (QED) is 0.407. The van der Waals surface area contributed by atoms with E-state index >= 15 is 0 Å². The fraction of sp³-hybridized carbons (Fsp3) is 0.440. The summed E-state index contributed by atoms with van der Waals surface area (Å²) >= 11 is 7.74. The standard InChI is InChI=1S/C25H30ClN3O5S/c1-16-12-18(26)15-21-22(16)27-25(35-21)29(7-5-6-28-8-10-34-11-9-28)24(30)17-13-19(31-2)23(33-4)20(14-17)32-3/h12-15H,5-11H2,1-4H3. The normalized spacial score (nSPS) is 14.2. The Kier molecular flexibility index (Phi) is 8.33. The Labute approximate surface area is 214 Å². The van der Waals surface area contributed by atoms with Crippen molar-refractivity contribution in [2.45, 2.75) is 13.3 Å². The summed E-state index contributed by atoms with van der Waals surface area (Å²) < 4.78 is 22.8. The molecular formula is C25H30ClN3O5S. The van der Waals surface area contributed by atoms with E-state index < -0.39 is 0 Å². The molecule has 0 unspecified atom stereocenters. The fourth-order valence-electron chi connectivity index (χ4n) is 4.18. The summed E-state index contributed by atoms with van der Waals surface area (Å²) in [5.74, 6) is 1.11. The van der Waals surface area contributed by atoms with Crippen molar-refractivity contribution in [1.82, 2.24) is 9.88 Å². The third kappa shape index (κ3) is 5.64. The summed E-state index contributed by atoms with van der Waals surface area (Å²) in [6.07, 6.45) is 0.797. The number of aromatic nitrogens is 1. The molecule has 0 radical (unpaired) electrons. The Balaban J connectivity index is 1.68. The maximum Gasteiger partial charge on any atom is 0.260 e. The molecule has 10 heteroatoms. The van der Waals surface area contributed by atoms with Gasteiger partial charge in [0.25, 0.3) is 5.91 Å². The highest BCUT2D eigenvalue weighted by molar-refractivity contribution is 7.22. The van der Waals surface area contributed by atoms with Crippen LogP contribution in [-0.4, -0.2) is 76.5 Å². The second-order valence-electron chi connectivity index (χ2n) is 8.24. The number of morpholine rings is 1. The van der Waals surface area contributed by atoms with Gasteiger partial charge in [-0.15, -0.1) is 0 Å². The minimum atomic E-state index is -0.186. The number of anilines is 1. The molecule has 1 fully saturated rings. The maximum absolute atomic E-state index is 13.9. The number of carbonyl (C=O) groups excluding carboxylic acids is 1. The van der Waals surface area contributed by atoms with Crippen LogP contribution in [0.2, 0.25) is 5.02 Å². The molecule has 1 aliphatic rings. The lowest BCUT2D eigenvalue weighted by molar-refractivity contribution is 0.0376. The molecule has 1 aliphatic heterocycles. The predicted molar refractivity (Wildman–Crippen MR) is 139 cm³/mol. The number of hydrogen-bond donors (Lipinski definition) is 0. The molecule has 8 nitrogen and oxygen atoms in total. The molecule has 3 aromatic rings. The zero-order valence-corrected chi connectivity index (χ0v) is 22.0. The number of hydrogen-bond acceptors (Lipinski definition) is 8. The van der Waals surface area contributed by atoms with Crippen LogP contribution in [0, 0.1) is 6.92 Å². The lowest BCUT2D eigenvalue weighted by Crippen LogP contribution is -2.39. The van der Waals surface area contributed by atoms with Gasteiger partial charge < -0.3 is 18.9 Å². The fourth-order valence-corrected chi connectivity index (χ4v) is 5.62. The van der Waals surface area contributed by atoms with E-state index in [0.29, 0.717) is 39.5 Å². The van der Waals surface area contributed by atoms with Crippen LogP contribution in [-0.2, 0) is 4.74 Å². The summed E-state index contributed by atoms with van der Waals surface area (Å²) in [6.45, 7) is 6.65. The van der Waals surface area contributed by atoms with Gasteiger partial charge in [-0.2, -0.15) is 0 Å². The number of rotatable bonds is 9. The second-order valence-corrected chi connectivity index (χ2v) is 9.69. The summed E-state index contributed by atoms with van der Waals surface area (Å²) in [7, 11) is 4.60. The maximum atomic E-state index is 13.9. The number of amides is 1. The average molecular weight is 520 g/mol. The molecule has 0 aliphatic carbocycles. The van der Waals surface area contributed by atoms with Crippen molar-refractivity contribution in [2.75, 3.05) is 65.6 Å². The Bertz CT molecular complexity index is 1170. The summed E-state index contributed by atoms with van der Waals surface area (Å²) in [5, 5.41) is 1.28. The van der Waals surface area contributed by atoms with Crippen molar-refractivity contribution in [3.05, 3.63) is 40.4 Å². The Hall–Kier alpha value is -2.59. The number of thiazole rings is 1. The highest BCUT2D eigenvalue weighted by atomic mass is 35.5. The summed E-state index contributed by atoms with van der Waals surface area (Å²) in [4.78, 5) is 22.8. The van der Waals surface area contributed by atoms with Crippen LogP contribution in [0.25, 0.3) is 10.2 Å². The molecule has 0 bridgehead atoms. The van der Waals surface area contributed by atoms with Crippen molar-refractivity contribution in [1.29, 1.82) is 0 Å². The van der Waals surface area contributed by atoms with E-state index in [4.69, 9.17) is 35.5 Å². The van der Waals surface area contributed by atoms with E-state index in [9.17, 15) is 4.79 Å². The van der Waals surface area contributed by atoms with E-state index in [1.807, 2.05) is 19.1 Å². The number of carbonyl (C=O) groups is 1. The second kappa shape index (κ2) is 11.4. The van der Waals surface area contributed by atoms with Gasteiger partial charge in [0.2, 0.25) is 5.75 Å². The third-order valence-electron chi connectivity index (χ3n) is 5.99. The monoisotopic (exact) mass is 519 g/mol. The van der Waals surface area contributed by atoms with Crippen LogP contribution in [0.4, 0.5) is 5.13 Å². The first-order valence-electron chi connectivity index (χ1n) is 11.4. The van der Waals surface area contributed by atoms with E-state index in [0.717, 1.165) is 55.0 Å². The molecule has 188 valence electrons. The minimum absolute atomic E-state index is 0.186. The first-order valence-corrected chi connectivity index (χ1v) is 12.6. The minimum Gasteiger partial charge on any atom is -0.493 e. The smallest absolute Gasteiger partial charge is 0.260 e. The first kappa shape index (κ1) is 25.5. The van der Waals surface area contributed by atoms with Crippen molar-refractivity contribution >= 4 is 44.2 Å². The molecule has 2 aromatic carbocycles. The molecule has 4 rings (SSSR count). The SMILES string of the molecule is COc1cc(C(=O)N(CCCN2CCOCC2)c2nc3c(C)cc(Cl)cc3s2)cc(OC)c1OC. The number of nitrogens with zero attached hydrogens (tertiary/aromatic N) is 3. The Morgan fingerprint density at radius 1 is 1.11 bits per heavy atom. The van der Waals surface area contributed by atoms with Crippen molar-refractivity contribution in [3.8, 4) is 17.2 Å². The number of halogens is 1. The average Bonchev–Trinajstić information content (AvgIpc) is 3.30. The molecular weight excluding hydrogens is 490 g/mol. The zero-order chi connectivity index (χ0) is 24.9. The number of aryl methyl sites for hydroxylation is 1. The molecule has 1 amide bonds. The van der Waals surface area contributed by atoms with Gasteiger partial charge in [-0.1, -0.05) is 22.9 Å². The van der Waals surface area contributed by atoms with Crippen LogP contribution >= 0.6 is 22.9 Å². The molecule has 35 heavy (non-hydrogen) atoms. The topological polar surface area (TPSA) is 73.4 Å². The number of methoxy groups -OCH3 is 3. The van der Waals surface area contributed by atoms with Gasteiger partial charge in [0.1, 0.15) is 0 Å². The van der Waals surface area contributed by atoms with Gasteiger partial charge in [0.05, 0.1) is 44.8 Å². The lowest BCUT2D eigenvalue weighted by Gasteiger charge is -2.28. The van der Waals surface area contributed by atoms with Crippen molar-refractivity contribution in [2.24, 2.45) is 0 Å². The predicted octanol–water partition coefficient (Wildman–Crippen LogP) is 4.65. The van der Waals surface area contributed by atoms with E-state index in [1.165, 1.54) is 32.7 Å². The molecule has 1 saturated heterocycles. The molecule has 0 saturated carbocycles. The van der Waals surface area contributed by atoms with Crippen LogP contribution in [0.5, 0.6) is 17.2 Å². The van der Waals surface area contributed by atoms with E-state index in [2.05, 4.69) is 4.90 Å². The van der Waals surface area contributed by atoms with E-state index in [-0.39, 0.29) is 5.91 Å². The van der Waals surface area contributed by atoms with Gasteiger partial charge in [-0.3, -0.25) is 14.6 Å². The highest BCUT2D eigenvalue weighted by Gasteiger charge is 2.25. The van der Waals surface area contributed by atoms with Crippen LogP contribution < -0.4 is 19.1 Å². The summed E-state index contributed by atoms with van der Waals surface area (Å²) in [6, 6.07) is 7.13. The largest absolute Gasteiger partial charge is 0.493 e. The molecule has 0 atom stereocenters. The van der Waals surface area contributed by atoms with Gasteiger partial charge in [-0.25, -0.2) is 4.98 Å². The van der Waals surface area contributed by atoms with Crippen LogP contribution in [0.1, 0.15) is 22.3 Å². The van der Waals surface area contributed by atoms with Gasteiger partial charge in [-0.05, 0) is 43.2 Å². The van der Waals surface area contributed by atoms with E-state index in [1.54, 1.807) is 17.0 Å². The van der Waals surface area contributed by atoms with Gasteiger partial charge in [0, 0.05) is 36.8 Å². The molecule has 0 N–H and O–H groups in total. The summed E-state index contributed by atoms with van der Waals surface area (Å²) in [5.41, 5.74) is 2.26. The number of ether oxygens (including phenoxy) is 4. The van der Waals surface area contributed by atoms with Crippen LogP contribution in [0.15, 0.2) is 24.3 Å².